The van der Waals surface area contributed by atoms with Gasteiger partial charge < -0.3 is 4.55 Å². The normalized spacial score (nSPS) is 12.1. The Morgan fingerprint density at radius 1 is 1.75 bits per heavy atom. The van der Waals surface area contributed by atoms with E-state index in [9.17, 15) is 9.00 Å². The van der Waals surface area contributed by atoms with E-state index in [0.717, 1.165) is 0 Å². The highest BCUT2D eigenvalue weighted by Gasteiger charge is 1.87. The number of isocyanates is 1. The van der Waals surface area contributed by atoms with Gasteiger partial charge in [-0.2, -0.15) is 0 Å². The van der Waals surface area contributed by atoms with Crippen molar-refractivity contribution in [1.82, 2.24) is 0 Å². The molecular formula is C3H5NO3S. The first kappa shape index (κ1) is 7.49. The monoisotopic (exact) mass is 135 g/mol. The fourth-order valence-corrected chi connectivity index (χ4v) is 0.417. The van der Waals surface area contributed by atoms with Crippen molar-refractivity contribution in [3.05, 3.63) is 0 Å². The molecule has 1 unspecified atom stereocenters. The van der Waals surface area contributed by atoms with E-state index in [1.54, 1.807) is 0 Å². The minimum absolute atomic E-state index is 0.00917. The Balaban J connectivity index is 3.18. The van der Waals surface area contributed by atoms with Crippen LogP contribution >= 0.6 is 0 Å². The Bertz CT molecular complexity index is 126. The molecule has 46 valence electrons. The van der Waals surface area contributed by atoms with Crippen LogP contribution in [-0.4, -0.2) is 27.1 Å². The predicted molar refractivity (Wildman–Crippen MR) is 28.6 cm³/mol. The van der Waals surface area contributed by atoms with Gasteiger partial charge in [0.05, 0.1) is 12.3 Å². The predicted octanol–water partition coefficient (Wildman–Crippen LogP) is -0.456. The van der Waals surface area contributed by atoms with Gasteiger partial charge in [0, 0.05) is 0 Å². The van der Waals surface area contributed by atoms with E-state index in [2.05, 4.69) is 4.99 Å². The summed E-state index contributed by atoms with van der Waals surface area (Å²) in [5, 5.41) is 0. The summed E-state index contributed by atoms with van der Waals surface area (Å²) in [5.74, 6) is 0.00917. The molecule has 0 heterocycles. The molecule has 0 amide bonds. The Morgan fingerprint density at radius 3 is 2.75 bits per heavy atom. The quantitative estimate of drug-likeness (QED) is 0.323. The molecule has 0 aliphatic carbocycles. The van der Waals surface area contributed by atoms with Gasteiger partial charge in [-0.3, -0.25) is 0 Å². The minimum atomic E-state index is -1.84. The number of hydrogen-bond acceptors (Lipinski definition) is 3. The summed E-state index contributed by atoms with van der Waals surface area (Å²) < 4.78 is 17.9. The van der Waals surface area contributed by atoms with Crippen molar-refractivity contribution in [3.8, 4) is 0 Å². The van der Waals surface area contributed by atoms with Crippen LogP contribution in [0.5, 0.6) is 0 Å². The standard InChI is InChI=1S/C3H5NO3S/c5-3-4-1-2-8(6)7/h1-2H2,(H,6,7). The number of nitrogens with zero attached hydrogens (tertiary/aromatic N) is 1. The van der Waals surface area contributed by atoms with Gasteiger partial charge in [0.15, 0.2) is 11.1 Å². The molecule has 0 radical (unpaired) electrons. The number of carbonyl (C=O) groups excluding carboxylic acids is 1. The molecule has 0 rings (SSSR count). The number of aliphatic imine (C=N–C) groups is 1. The number of hydrogen-bond donors (Lipinski definition) is 1. The lowest BCUT2D eigenvalue weighted by Gasteiger charge is -1.82. The van der Waals surface area contributed by atoms with Crippen molar-refractivity contribution in [3.63, 3.8) is 0 Å². The van der Waals surface area contributed by atoms with Crippen LogP contribution in [0.2, 0.25) is 0 Å². The summed E-state index contributed by atoms with van der Waals surface area (Å²) in [5.41, 5.74) is 0. The molecule has 0 aliphatic heterocycles. The highest BCUT2D eigenvalue weighted by atomic mass is 32.2. The van der Waals surface area contributed by atoms with E-state index in [0.29, 0.717) is 0 Å². The van der Waals surface area contributed by atoms with Crippen molar-refractivity contribution >= 4 is 17.2 Å². The highest BCUT2D eigenvalue weighted by Crippen LogP contribution is 1.72. The SMILES string of the molecule is O=C=NCCS(=O)O. The van der Waals surface area contributed by atoms with Crippen LogP contribution in [-0.2, 0) is 15.9 Å². The fraction of sp³-hybridized carbons (Fsp3) is 0.667. The molecule has 4 nitrogen and oxygen atoms in total. The lowest BCUT2D eigenvalue weighted by atomic mass is 10.8. The van der Waals surface area contributed by atoms with Crippen LogP contribution in [0.25, 0.3) is 0 Å². The third-order valence-electron chi connectivity index (χ3n) is 0.442. The molecule has 1 N–H and O–H groups in total. The van der Waals surface area contributed by atoms with Crippen LogP contribution in [0.4, 0.5) is 0 Å². The molecule has 0 fully saturated rings. The summed E-state index contributed by atoms with van der Waals surface area (Å²) in [6, 6.07) is 0. The van der Waals surface area contributed by atoms with Gasteiger partial charge in [0.1, 0.15) is 0 Å². The van der Waals surface area contributed by atoms with E-state index in [4.69, 9.17) is 4.55 Å². The van der Waals surface area contributed by atoms with Crippen LogP contribution in [0.3, 0.4) is 0 Å². The maximum Gasteiger partial charge on any atom is 0.234 e. The molecule has 1 atom stereocenters. The van der Waals surface area contributed by atoms with Gasteiger partial charge in [0.25, 0.3) is 0 Å². The topological polar surface area (TPSA) is 66.7 Å². The fourth-order valence-electron chi connectivity index (χ4n) is 0.169. The van der Waals surface area contributed by atoms with Crippen LogP contribution in [0.15, 0.2) is 4.99 Å². The number of rotatable bonds is 3. The van der Waals surface area contributed by atoms with E-state index in [1.165, 1.54) is 6.08 Å². The van der Waals surface area contributed by atoms with E-state index in [1.807, 2.05) is 0 Å². The van der Waals surface area contributed by atoms with Gasteiger partial charge in [-0.05, 0) is 0 Å². The third kappa shape index (κ3) is 5.49. The Hall–Kier alpha value is -0.510. The summed E-state index contributed by atoms with van der Waals surface area (Å²) >= 11 is -1.84. The zero-order valence-corrected chi connectivity index (χ0v) is 4.85. The smallest absolute Gasteiger partial charge is 0.234 e. The Morgan fingerprint density at radius 2 is 2.38 bits per heavy atom. The minimum Gasteiger partial charge on any atom is -0.306 e. The summed E-state index contributed by atoms with van der Waals surface area (Å²) in [7, 11) is 0. The zero-order valence-electron chi connectivity index (χ0n) is 4.03. The van der Waals surface area contributed by atoms with Crippen LogP contribution in [0, 0.1) is 0 Å². The molecule has 0 aliphatic rings. The molecule has 0 aromatic carbocycles. The van der Waals surface area contributed by atoms with E-state index in [-0.39, 0.29) is 12.3 Å². The Labute approximate surface area is 48.9 Å². The zero-order chi connectivity index (χ0) is 6.41. The maximum absolute atomic E-state index is 9.80. The van der Waals surface area contributed by atoms with Crippen LogP contribution < -0.4 is 0 Å². The first-order valence-electron chi connectivity index (χ1n) is 1.88. The van der Waals surface area contributed by atoms with Gasteiger partial charge in [-0.25, -0.2) is 14.0 Å². The summed E-state index contributed by atoms with van der Waals surface area (Å²) in [4.78, 5) is 12.4. The molecule has 8 heavy (non-hydrogen) atoms. The first-order valence-corrected chi connectivity index (χ1v) is 3.16. The summed E-state index contributed by atoms with van der Waals surface area (Å²) in [6.07, 6.45) is 1.25. The van der Waals surface area contributed by atoms with Crippen LogP contribution in [0.1, 0.15) is 0 Å². The largest absolute Gasteiger partial charge is 0.306 e. The van der Waals surface area contributed by atoms with E-state index < -0.39 is 11.1 Å². The molecule has 0 saturated carbocycles. The molecule has 0 aromatic heterocycles. The van der Waals surface area contributed by atoms with Crippen molar-refractivity contribution in [2.75, 3.05) is 12.3 Å². The highest BCUT2D eigenvalue weighted by molar-refractivity contribution is 7.79. The van der Waals surface area contributed by atoms with Crippen molar-refractivity contribution < 1.29 is 13.6 Å². The molecule has 5 heteroatoms. The Kier molecular flexibility index (Phi) is 4.35. The molecule has 0 aromatic rings. The van der Waals surface area contributed by atoms with Crippen molar-refractivity contribution in [2.45, 2.75) is 0 Å². The third-order valence-corrected chi connectivity index (χ3v) is 0.974. The van der Waals surface area contributed by atoms with Gasteiger partial charge in [-0.1, -0.05) is 0 Å². The van der Waals surface area contributed by atoms with Gasteiger partial charge in [0.2, 0.25) is 6.08 Å². The van der Waals surface area contributed by atoms with Crippen molar-refractivity contribution in [1.29, 1.82) is 0 Å². The van der Waals surface area contributed by atoms with E-state index >= 15 is 0 Å². The molecule has 0 bridgehead atoms. The second-order valence-corrected chi connectivity index (χ2v) is 2.05. The van der Waals surface area contributed by atoms with Gasteiger partial charge >= 0.3 is 0 Å². The summed E-state index contributed by atoms with van der Waals surface area (Å²) in [6.45, 7) is 0.0760. The lowest BCUT2D eigenvalue weighted by molar-refractivity contribution is 0.560. The second-order valence-electron chi connectivity index (χ2n) is 0.999. The average Bonchev–Trinajstić information content (AvgIpc) is 1.66. The molecule has 0 spiro atoms. The molecular weight excluding hydrogens is 130 g/mol. The van der Waals surface area contributed by atoms with Crippen molar-refractivity contribution in [2.24, 2.45) is 4.99 Å². The molecule has 0 saturated heterocycles. The second kappa shape index (κ2) is 4.64. The maximum atomic E-state index is 9.80. The average molecular weight is 135 g/mol. The lowest BCUT2D eigenvalue weighted by Crippen LogP contribution is -1.97. The first-order chi connectivity index (χ1) is 3.77. The van der Waals surface area contributed by atoms with Gasteiger partial charge in [-0.15, -0.1) is 0 Å².